The highest BCUT2D eigenvalue weighted by Gasteiger charge is 2.48. The molecule has 210 valence electrons. The summed E-state index contributed by atoms with van der Waals surface area (Å²) in [5.41, 5.74) is 9.47. The van der Waals surface area contributed by atoms with Gasteiger partial charge in [-0.05, 0) is 40.3 Å². The molecule has 0 saturated carbocycles. The van der Waals surface area contributed by atoms with E-state index in [-0.39, 0.29) is 12.4 Å². The van der Waals surface area contributed by atoms with Gasteiger partial charge in [0, 0.05) is 35.9 Å². The van der Waals surface area contributed by atoms with E-state index < -0.39 is 25.3 Å². The summed E-state index contributed by atoms with van der Waals surface area (Å²) in [6.45, 7) is 0.984. The minimum Gasteiger partial charge on any atom is -0.364 e. The third kappa shape index (κ3) is 6.50. The molecule has 4 N–H and O–H groups in total. The second-order valence-electron chi connectivity index (χ2n) is 9.55. The highest BCUT2D eigenvalue weighted by molar-refractivity contribution is 14.1. The van der Waals surface area contributed by atoms with Gasteiger partial charge in [-0.15, -0.1) is 11.3 Å². The maximum atomic E-state index is 15.9. The van der Waals surface area contributed by atoms with E-state index in [9.17, 15) is 8.42 Å². The van der Waals surface area contributed by atoms with Crippen molar-refractivity contribution in [3.63, 3.8) is 0 Å². The number of allylic oxidation sites excluding steroid dienone is 2. The van der Waals surface area contributed by atoms with Crippen LogP contribution in [0.2, 0.25) is 0 Å². The number of aromatic nitrogens is 2. The molecule has 3 unspecified atom stereocenters. The summed E-state index contributed by atoms with van der Waals surface area (Å²) >= 11 is 3.19. The Kier molecular flexibility index (Phi) is 8.50. The van der Waals surface area contributed by atoms with Gasteiger partial charge in [-0.2, -0.15) is 0 Å². The van der Waals surface area contributed by atoms with Crippen molar-refractivity contribution in [3.8, 4) is 11.4 Å². The number of pyridine rings is 1. The first kappa shape index (κ1) is 29.0. The molecule has 1 aliphatic heterocycles. The summed E-state index contributed by atoms with van der Waals surface area (Å²) in [5, 5.41) is 8.86. The van der Waals surface area contributed by atoms with Gasteiger partial charge < -0.3 is 15.4 Å². The Morgan fingerprint density at radius 2 is 2.08 bits per heavy atom. The van der Waals surface area contributed by atoms with E-state index in [1.807, 2.05) is 41.8 Å². The van der Waals surface area contributed by atoms with Crippen molar-refractivity contribution in [2.45, 2.75) is 28.6 Å². The highest BCUT2D eigenvalue weighted by atomic mass is 127. The van der Waals surface area contributed by atoms with E-state index in [2.05, 4.69) is 25.6 Å². The zero-order chi connectivity index (χ0) is 28.4. The molecule has 1 aromatic carbocycles. The molecule has 3 heterocycles. The van der Waals surface area contributed by atoms with Crippen LogP contribution in [0, 0.1) is 0 Å². The summed E-state index contributed by atoms with van der Waals surface area (Å²) in [5.74, 6) is 0.0577. The van der Waals surface area contributed by atoms with E-state index in [4.69, 9.17) is 10.5 Å². The molecule has 13 heteroatoms. The molecule has 5 rings (SSSR count). The Balaban J connectivity index is 1.41. The van der Waals surface area contributed by atoms with Crippen LogP contribution in [0.1, 0.15) is 16.1 Å². The number of sulfone groups is 1. The molecule has 0 bridgehead atoms. The quantitative estimate of drug-likeness (QED) is 0.165. The Morgan fingerprint density at radius 1 is 1.27 bits per heavy atom. The molecule has 40 heavy (non-hydrogen) atoms. The largest absolute Gasteiger partial charge is 0.364 e. The molecule has 0 spiro atoms. The Bertz CT molecular complexity index is 1580. The lowest BCUT2D eigenvalue weighted by atomic mass is 9.83. The van der Waals surface area contributed by atoms with E-state index in [1.165, 1.54) is 30.0 Å². The summed E-state index contributed by atoms with van der Waals surface area (Å²) in [7, 11) is -3.04. The van der Waals surface area contributed by atoms with Gasteiger partial charge in [-0.25, -0.2) is 22.8 Å². The van der Waals surface area contributed by atoms with Gasteiger partial charge in [0.15, 0.2) is 5.66 Å². The Hall–Kier alpha value is -2.56. The lowest BCUT2D eigenvalue weighted by molar-refractivity contribution is 0.0106. The van der Waals surface area contributed by atoms with Crippen LogP contribution < -0.4 is 16.4 Å². The van der Waals surface area contributed by atoms with Crippen LogP contribution in [0.25, 0.3) is 11.4 Å². The van der Waals surface area contributed by atoms with E-state index >= 15 is 4.39 Å². The second kappa shape index (κ2) is 11.7. The molecular formula is C27H28FIN6O3S2. The summed E-state index contributed by atoms with van der Waals surface area (Å²) < 4.78 is 42.9. The molecule has 0 fully saturated rings. The number of nitrogens with one attached hydrogen (secondary N) is 2. The fourth-order valence-corrected chi connectivity index (χ4v) is 6.43. The highest BCUT2D eigenvalue weighted by Crippen LogP contribution is 2.46. The fourth-order valence-electron chi connectivity index (χ4n) is 4.44. The molecule has 9 nitrogen and oxygen atoms in total. The van der Waals surface area contributed by atoms with Gasteiger partial charge in [0.25, 0.3) is 0 Å². The monoisotopic (exact) mass is 694 g/mol. The molecule has 2 aliphatic rings. The van der Waals surface area contributed by atoms with Crippen LogP contribution in [0.3, 0.4) is 0 Å². The number of hydrogen-bond donors (Lipinski definition) is 3. The Labute approximate surface area is 249 Å². The number of nitrogens with zero attached hydrogens (tertiary/aromatic N) is 3. The first-order chi connectivity index (χ1) is 19.1. The number of alkyl halides is 2. The Morgan fingerprint density at radius 3 is 2.85 bits per heavy atom. The van der Waals surface area contributed by atoms with Crippen LogP contribution in [-0.2, 0) is 33.4 Å². The first-order valence-electron chi connectivity index (χ1n) is 12.4. The lowest BCUT2D eigenvalue weighted by Gasteiger charge is -2.40. The van der Waals surface area contributed by atoms with Crippen molar-refractivity contribution in [3.05, 3.63) is 87.9 Å². The van der Waals surface area contributed by atoms with Gasteiger partial charge in [0.05, 0.1) is 42.0 Å². The number of aliphatic imine (C=N–C) groups is 1. The fraction of sp³-hybridized carbons (Fsp3) is 0.296. The van der Waals surface area contributed by atoms with Gasteiger partial charge in [-0.1, -0.05) is 42.5 Å². The molecule has 0 saturated heterocycles. The van der Waals surface area contributed by atoms with Crippen molar-refractivity contribution >= 4 is 55.8 Å². The van der Waals surface area contributed by atoms with Crippen molar-refractivity contribution in [1.82, 2.24) is 15.3 Å². The molecule has 0 radical (unpaired) electrons. The van der Waals surface area contributed by atoms with Crippen molar-refractivity contribution in [2.24, 2.45) is 10.7 Å². The number of anilines is 1. The van der Waals surface area contributed by atoms with Crippen LogP contribution in [0.15, 0.2) is 76.8 Å². The van der Waals surface area contributed by atoms with Crippen LogP contribution in [0.5, 0.6) is 0 Å². The number of halogens is 2. The number of thiazole rings is 1. The average molecular weight is 695 g/mol. The summed E-state index contributed by atoms with van der Waals surface area (Å²) in [6.07, 6.45) is 8.23. The normalized spacial score (nSPS) is 23.9. The molecule has 3 atom stereocenters. The van der Waals surface area contributed by atoms with E-state index in [0.29, 0.717) is 41.3 Å². The molecular weight excluding hydrogens is 666 g/mol. The lowest BCUT2D eigenvalue weighted by Crippen LogP contribution is -2.49. The van der Waals surface area contributed by atoms with Crippen molar-refractivity contribution < 1.29 is 17.5 Å². The van der Waals surface area contributed by atoms with Gasteiger partial charge in [0.2, 0.25) is 3.68 Å². The van der Waals surface area contributed by atoms with E-state index in [0.717, 1.165) is 10.6 Å². The third-order valence-electron chi connectivity index (χ3n) is 6.47. The van der Waals surface area contributed by atoms with Gasteiger partial charge >= 0.3 is 0 Å². The molecule has 3 aromatic rings. The first-order valence-corrected chi connectivity index (χ1v) is 16.4. The maximum Gasteiger partial charge on any atom is 0.209 e. The summed E-state index contributed by atoms with van der Waals surface area (Å²) in [6, 6.07) is 11.4. The van der Waals surface area contributed by atoms with Crippen LogP contribution in [-0.4, -0.2) is 53.1 Å². The van der Waals surface area contributed by atoms with E-state index in [1.54, 1.807) is 40.9 Å². The summed E-state index contributed by atoms with van der Waals surface area (Å²) in [4.78, 5) is 13.8. The number of ether oxygens (including phenoxy) is 1. The van der Waals surface area contributed by atoms with Crippen LogP contribution in [0.4, 0.5) is 10.1 Å². The van der Waals surface area contributed by atoms with Gasteiger partial charge in [0.1, 0.15) is 20.9 Å². The van der Waals surface area contributed by atoms with Crippen molar-refractivity contribution in [2.75, 3.05) is 23.9 Å². The van der Waals surface area contributed by atoms with Crippen LogP contribution >= 0.6 is 33.9 Å². The standard InChI is InChI=1S/C27H28FIN6O3S2/c1-40(36,37)11-10-31-14-24-35-23(16-39-24)21-12-20-22(13-32-21)33-17-34-27(20,30)19-8-5-9-26(28,29)25(19)38-15-18-6-3-2-4-7-18/h2-9,12-13,16-17,25,31H,10-11,14-15,30H2,1H3,(H,33,34). The zero-order valence-corrected chi connectivity index (χ0v) is 25.3. The predicted octanol–water partition coefficient (Wildman–Crippen LogP) is 4.09. The average Bonchev–Trinajstić information content (AvgIpc) is 3.39. The second-order valence-corrected chi connectivity index (χ2v) is 14.4. The predicted molar refractivity (Wildman–Crippen MR) is 165 cm³/mol. The topological polar surface area (TPSA) is 132 Å². The number of nitrogens with two attached hydrogens (primary N) is 1. The van der Waals surface area contributed by atoms with Crippen molar-refractivity contribution in [1.29, 1.82) is 0 Å². The number of hydrogen-bond acceptors (Lipinski definition) is 10. The smallest absolute Gasteiger partial charge is 0.209 e. The number of fused-ring (bicyclic) bond motifs is 1. The molecule has 2 aromatic heterocycles. The minimum atomic E-state index is -3.04. The number of benzene rings is 1. The molecule has 0 amide bonds. The minimum absolute atomic E-state index is 0.0577. The molecule has 1 aliphatic carbocycles. The zero-order valence-electron chi connectivity index (χ0n) is 21.6. The SMILES string of the molecule is CS(=O)(=O)CCNCc1nc(-c2cc3c(cn2)NC=NC3(N)C2=CC=CC(F)(I)C2OCc2ccccc2)cs1. The van der Waals surface area contributed by atoms with Gasteiger partial charge in [-0.3, -0.25) is 10.7 Å². The number of rotatable bonds is 10. The maximum absolute atomic E-state index is 15.9. The third-order valence-corrected chi connectivity index (χ3v) is 9.19.